The predicted octanol–water partition coefficient (Wildman–Crippen LogP) is 1.36. The van der Waals surface area contributed by atoms with E-state index in [1.165, 1.54) is 0 Å². The lowest BCUT2D eigenvalue weighted by molar-refractivity contribution is 0.292. The zero-order valence-corrected chi connectivity index (χ0v) is 12.5. The van der Waals surface area contributed by atoms with Crippen molar-refractivity contribution in [1.82, 2.24) is 15.0 Å². The number of nitrogens with two attached hydrogens (primary N) is 1. The van der Waals surface area contributed by atoms with Gasteiger partial charge in [0.05, 0.1) is 6.61 Å². The van der Waals surface area contributed by atoms with Crippen molar-refractivity contribution in [2.75, 3.05) is 35.9 Å². The van der Waals surface area contributed by atoms with Crippen LogP contribution in [-0.2, 0) is 0 Å². The average Bonchev–Trinajstić information content (AvgIpc) is 2.43. The fraction of sp³-hybridized carbons (Fsp3) is 0.727. The Balaban J connectivity index is 2.65. The summed E-state index contributed by atoms with van der Waals surface area (Å²) in [7, 11) is 0. The largest absolute Gasteiger partial charge is 0.463 e. The summed E-state index contributed by atoms with van der Waals surface area (Å²) in [6.45, 7) is 5.55. The van der Waals surface area contributed by atoms with Crippen LogP contribution in [0.1, 0.15) is 20.3 Å². The molecule has 0 spiro atoms. The van der Waals surface area contributed by atoms with Crippen molar-refractivity contribution in [3.8, 4) is 6.01 Å². The first kappa shape index (κ1) is 15.8. The molecule has 1 rings (SSSR count). The van der Waals surface area contributed by atoms with Gasteiger partial charge in [-0.05, 0) is 24.3 Å². The summed E-state index contributed by atoms with van der Waals surface area (Å²) in [4.78, 5) is 12.4. The molecule has 0 saturated carbocycles. The molecule has 0 aliphatic heterocycles. The van der Waals surface area contributed by atoms with E-state index in [4.69, 9.17) is 10.6 Å². The molecule has 4 N–H and O–H groups in total. The second-order valence-corrected chi connectivity index (χ2v) is 5.11. The second-order valence-electron chi connectivity index (χ2n) is 4.20. The minimum atomic E-state index is 0.282. The van der Waals surface area contributed by atoms with E-state index in [1.54, 1.807) is 0 Å². The maximum absolute atomic E-state index is 5.39. The normalized spacial score (nSPS) is 12.0. The van der Waals surface area contributed by atoms with Gasteiger partial charge in [-0.3, -0.25) is 5.43 Å². The molecule has 1 atom stereocenters. The van der Waals surface area contributed by atoms with Gasteiger partial charge in [-0.15, -0.1) is 0 Å². The first-order valence-corrected chi connectivity index (χ1v) is 7.67. The molecule has 108 valence electrons. The topological polar surface area (TPSA) is 98.0 Å². The van der Waals surface area contributed by atoms with Gasteiger partial charge in [0.2, 0.25) is 11.9 Å². The Morgan fingerprint density at radius 3 is 2.68 bits per heavy atom. The van der Waals surface area contributed by atoms with Crippen LogP contribution in [0.25, 0.3) is 0 Å². The molecule has 1 heterocycles. The summed E-state index contributed by atoms with van der Waals surface area (Å²) < 4.78 is 5.39. The standard InChI is InChI=1S/C11H22N6OS/c1-4-5-18-11-15-9(14-10(16-11)17-12)13-6-8(2)7-19-3/h8H,4-7,12H2,1-3H3,(H2,13,14,15,16,17). The van der Waals surface area contributed by atoms with Gasteiger partial charge in [0.1, 0.15) is 0 Å². The van der Waals surface area contributed by atoms with Gasteiger partial charge in [-0.2, -0.15) is 26.7 Å². The molecule has 0 amide bonds. The van der Waals surface area contributed by atoms with E-state index in [2.05, 4.69) is 38.9 Å². The number of nitrogens with one attached hydrogen (secondary N) is 2. The Morgan fingerprint density at radius 1 is 1.32 bits per heavy atom. The van der Waals surface area contributed by atoms with E-state index in [0.29, 0.717) is 24.4 Å². The summed E-state index contributed by atoms with van der Waals surface area (Å²) in [6, 6.07) is 0.282. The third kappa shape index (κ3) is 5.93. The molecule has 0 aromatic carbocycles. The fourth-order valence-corrected chi connectivity index (χ4v) is 2.05. The summed E-state index contributed by atoms with van der Waals surface area (Å²) in [6.07, 6.45) is 2.98. The van der Waals surface area contributed by atoms with Crippen LogP contribution in [0.5, 0.6) is 6.01 Å². The van der Waals surface area contributed by atoms with Crippen molar-refractivity contribution in [2.24, 2.45) is 11.8 Å². The van der Waals surface area contributed by atoms with Crippen LogP contribution in [0.2, 0.25) is 0 Å². The maximum atomic E-state index is 5.39. The number of nitrogens with zero attached hydrogens (tertiary/aromatic N) is 3. The van der Waals surface area contributed by atoms with Crippen molar-refractivity contribution in [2.45, 2.75) is 20.3 Å². The number of hydrazine groups is 1. The summed E-state index contributed by atoms with van der Waals surface area (Å²) in [5, 5.41) is 3.17. The van der Waals surface area contributed by atoms with Crippen LogP contribution in [0.3, 0.4) is 0 Å². The van der Waals surface area contributed by atoms with Crippen molar-refractivity contribution in [3.05, 3.63) is 0 Å². The highest BCUT2D eigenvalue weighted by Gasteiger charge is 2.08. The van der Waals surface area contributed by atoms with Crippen molar-refractivity contribution < 1.29 is 4.74 Å². The zero-order chi connectivity index (χ0) is 14.1. The highest BCUT2D eigenvalue weighted by Crippen LogP contribution is 2.12. The van der Waals surface area contributed by atoms with E-state index in [9.17, 15) is 0 Å². The number of rotatable bonds is 9. The molecule has 0 radical (unpaired) electrons. The highest BCUT2D eigenvalue weighted by molar-refractivity contribution is 7.98. The van der Waals surface area contributed by atoms with Crippen LogP contribution in [-0.4, -0.2) is 40.1 Å². The van der Waals surface area contributed by atoms with E-state index in [1.807, 2.05) is 18.7 Å². The van der Waals surface area contributed by atoms with Crippen LogP contribution in [0, 0.1) is 5.92 Å². The van der Waals surface area contributed by atoms with E-state index < -0.39 is 0 Å². The number of nitrogen functional groups attached to an aromatic ring is 1. The molecule has 0 bridgehead atoms. The monoisotopic (exact) mass is 286 g/mol. The molecule has 8 heteroatoms. The molecular formula is C11H22N6OS. The maximum Gasteiger partial charge on any atom is 0.323 e. The third-order valence-corrected chi connectivity index (χ3v) is 3.14. The molecule has 19 heavy (non-hydrogen) atoms. The second kappa shape index (κ2) is 8.76. The van der Waals surface area contributed by atoms with Crippen LogP contribution < -0.4 is 21.3 Å². The Kier molecular flexibility index (Phi) is 7.27. The quantitative estimate of drug-likeness (QED) is 0.462. The number of hydrogen-bond donors (Lipinski definition) is 3. The number of thioether (sulfide) groups is 1. The fourth-order valence-electron chi connectivity index (χ4n) is 1.37. The van der Waals surface area contributed by atoms with Crippen LogP contribution in [0.4, 0.5) is 11.9 Å². The number of hydrogen-bond acceptors (Lipinski definition) is 8. The van der Waals surface area contributed by atoms with E-state index >= 15 is 0 Å². The highest BCUT2D eigenvalue weighted by atomic mass is 32.2. The zero-order valence-electron chi connectivity index (χ0n) is 11.6. The summed E-state index contributed by atoms with van der Waals surface area (Å²) >= 11 is 1.82. The smallest absolute Gasteiger partial charge is 0.323 e. The SMILES string of the molecule is CCCOc1nc(NN)nc(NCC(C)CSC)n1. The van der Waals surface area contributed by atoms with Gasteiger partial charge < -0.3 is 10.1 Å². The Labute approximate surface area is 118 Å². The summed E-state index contributed by atoms with van der Waals surface area (Å²) in [5.74, 6) is 7.71. The van der Waals surface area contributed by atoms with E-state index in [-0.39, 0.29) is 6.01 Å². The van der Waals surface area contributed by atoms with Crippen molar-refractivity contribution in [1.29, 1.82) is 0 Å². The molecule has 1 aromatic rings. The molecule has 1 aromatic heterocycles. The number of ether oxygens (including phenoxy) is 1. The molecule has 7 nitrogen and oxygen atoms in total. The minimum Gasteiger partial charge on any atom is -0.463 e. The van der Waals surface area contributed by atoms with Gasteiger partial charge in [-0.25, -0.2) is 5.84 Å². The van der Waals surface area contributed by atoms with Crippen molar-refractivity contribution in [3.63, 3.8) is 0 Å². The van der Waals surface area contributed by atoms with Gasteiger partial charge >= 0.3 is 6.01 Å². The molecule has 0 fully saturated rings. The number of aromatic nitrogens is 3. The molecule has 0 aliphatic carbocycles. The van der Waals surface area contributed by atoms with E-state index in [0.717, 1.165) is 18.7 Å². The molecular weight excluding hydrogens is 264 g/mol. The molecule has 0 saturated heterocycles. The van der Waals surface area contributed by atoms with Crippen LogP contribution in [0.15, 0.2) is 0 Å². The lowest BCUT2D eigenvalue weighted by Crippen LogP contribution is -2.18. The number of anilines is 2. The van der Waals surface area contributed by atoms with Crippen LogP contribution >= 0.6 is 11.8 Å². The van der Waals surface area contributed by atoms with Gasteiger partial charge in [0, 0.05) is 6.54 Å². The minimum absolute atomic E-state index is 0.282. The predicted molar refractivity (Wildman–Crippen MR) is 79.5 cm³/mol. The first-order valence-electron chi connectivity index (χ1n) is 6.27. The molecule has 0 aliphatic rings. The lowest BCUT2D eigenvalue weighted by atomic mass is 10.2. The Morgan fingerprint density at radius 2 is 2.05 bits per heavy atom. The summed E-state index contributed by atoms with van der Waals surface area (Å²) in [5.41, 5.74) is 2.41. The Hall–Kier alpha value is -1.28. The Bertz CT molecular complexity index is 378. The molecule has 1 unspecified atom stereocenters. The lowest BCUT2D eigenvalue weighted by Gasteiger charge is -2.12. The third-order valence-electron chi connectivity index (χ3n) is 2.24. The average molecular weight is 286 g/mol. The first-order chi connectivity index (χ1) is 9.19. The van der Waals surface area contributed by atoms with Gasteiger partial charge in [-0.1, -0.05) is 13.8 Å². The van der Waals surface area contributed by atoms with Crippen molar-refractivity contribution >= 4 is 23.7 Å². The van der Waals surface area contributed by atoms with Gasteiger partial charge in [0.25, 0.3) is 0 Å². The van der Waals surface area contributed by atoms with Gasteiger partial charge in [0.15, 0.2) is 0 Å².